The van der Waals surface area contributed by atoms with E-state index in [0.717, 1.165) is 12.8 Å². The summed E-state index contributed by atoms with van der Waals surface area (Å²) in [6.07, 6.45) is 3.33. The van der Waals surface area contributed by atoms with Crippen molar-refractivity contribution < 1.29 is 19.4 Å². The van der Waals surface area contributed by atoms with Gasteiger partial charge in [-0.25, -0.2) is 0 Å². The summed E-state index contributed by atoms with van der Waals surface area (Å²) >= 11 is 0. The molecule has 6 heteroatoms. The summed E-state index contributed by atoms with van der Waals surface area (Å²) in [6, 6.07) is 3.20. The molecule has 1 atom stereocenters. The molecule has 0 aliphatic rings. The standard InChI is InChI=1S/C13H20N2O4/c1-3-5-10(9-19-2)14-13(18)11-6-4-7-15(11)8-12(16)17/h4,6-7,10H,3,5,8-9H2,1-2H3,(H,14,18)(H,16,17). The van der Waals surface area contributed by atoms with Crippen molar-refractivity contribution in [1.29, 1.82) is 0 Å². The summed E-state index contributed by atoms with van der Waals surface area (Å²) in [5.74, 6) is -1.26. The fraction of sp³-hybridized carbons (Fsp3) is 0.538. The van der Waals surface area contributed by atoms with Gasteiger partial charge in [0.1, 0.15) is 12.2 Å². The average molecular weight is 268 g/mol. The van der Waals surface area contributed by atoms with Crippen LogP contribution in [0.2, 0.25) is 0 Å². The molecule has 0 aliphatic carbocycles. The Bertz CT molecular complexity index is 422. The largest absolute Gasteiger partial charge is 0.480 e. The number of carboxylic acid groups (broad SMARTS) is 1. The van der Waals surface area contributed by atoms with E-state index in [1.165, 1.54) is 4.57 Å². The zero-order chi connectivity index (χ0) is 14.3. The molecule has 0 fully saturated rings. The minimum Gasteiger partial charge on any atom is -0.480 e. The number of nitrogens with zero attached hydrogens (tertiary/aromatic N) is 1. The van der Waals surface area contributed by atoms with Gasteiger partial charge in [0.05, 0.1) is 12.6 Å². The van der Waals surface area contributed by atoms with Gasteiger partial charge in [-0.2, -0.15) is 0 Å². The van der Waals surface area contributed by atoms with E-state index in [4.69, 9.17) is 9.84 Å². The second-order valence-electron chi connectivity index (χ2n) is 4.33. The number of methoxy groups -OCH3 is 1. The SMILES string of the molecule is CCCC(COC)NC(=O)c1cccn1CC(=O)O. The molecule has 0 radical (unpaired) electrons. The molecule has 1 aromatic rings. The number of carbonyl (C=O) groups is 2. The van der Waals surface area contributed by atoms with Gasteiger partial charge >= 0.3 is 5.97 Å². The molecule has 0 aromatic carbocycles. The molecule has 1 rings (SSSR count). The van der Waals surface area contributed by atoms with Crippen molar-refractivity contribution in [2.24, 2.45) is 0 Å². The Balaban J connectivity index is 2.71. The van der Waals surface area contributed by atoms with Crippen LogP contribution in [0, 0.1) is 0 Å². The summed E-state index contributed by atoms with van der Waals surface area (Å²) in [4.78, 5) is 22.8. The van der Waals surface area contributed by atoms with Crippen molar-refractivity contribution in [3.05, 3.63) is 24.0 Å². The van der Waals surface area contributed by atoms with Crippen molar-refractivity contribution >= 4 is 11.9 Å². The molecule has 0 bridgehead atoms. The highest BCUT2D eigenvalue weighted by Crippen LogP contribution is 2.05. The van der Waals surface area contributed by atoms with Crippen LogP contribution in [-0.4, -0.2) is 41.3 Å². The first-order valence-electron chi connectivity index (χ1n) is 6.25. The van der Waals surface area contributed by atoms with Crippen LogP contribution in [0.3, 0.4) is 0 Å². The molecule has 1 unspecified atom stereocenters. The second-order valence-corrected chi connectivity index (χ2v) is 4.33. The van der Waals surface area contributed by atoms with Crippen molar-refractivity contribution in [3.63, 3.8) is 0 Å². The van der Waals surface area contributed by atoms with Crippen LogP contribution in [0.1, 0.15) is 30.3 Å². The fourth-order valence-corrected chi connectivity index (χ4v) is 1.91. The third-order valence-corrected chi connectivity index (χ3v) is 2.71. The number of hydrogen-bond acceptors (Lipinski definition) is 3. The molecule has 0 aliphatic heterocycles. The van der Waals surface area contributed by atoms with Crippen molar-refractivity contribution in [1.82, 2.24) is 9.88 Å². The summed E-state index contributed by atoms with van der Waals surface area (Å²) < 4.78 is 6.46. The quantitative estimate of drug-likeness (QED) is 0.740. The van der Waals surface area contributed by atoms with Crippen LogP contribution in [0.5, 0.6) is 0 Å². The van der Waals surface area contributed by atoms with Gasteiger partial charge in [0.15, 0.2) is 0 Å². The molecule has 6 nitrogen and oxygen atoms in total. The number of aliphatic carboxylic acids is 1. The number of aromatic nitrogens is 1. The van der Waals surface area contributed by atoms with E-state index in [0.29, 0.717) is 12.3 Å². The van der Waals surface area contributed by atoms with E-state index in [9.17, 15) is 9.59 Å². The molecular weight excluding hydrogens is 248 g/mol. The van der Waals surface area contributed by atoms with Gasteiger partial charge in [-0.05, 0) is 18.6 Å². The van der Waals surface area contributed by atoms with Gasteiger partial charge in [-0.3, -0.25) is 9.59 Å². The van der Waals surface area contributed by atoms with E-state index in [1.54, 1.807) is 25.4 Å². The minimum atomic E-state index is -0.979. The number of carboxylic acids is 1. The lowest BCUT2D eigenvalue weighted by atomic mass is 10.2. The molecule has 0 saturated heterocycles. The Labute approximate surface area is 112 Å². The normalized spacial score (nSPS) is 12.1. The third kappa shape index (κ3) is 4.75. The monoisotopic (exact) mass is 268 g/mol. The van der Waals surface area contributed by atoms with Crippen LogP contribution < -0.4 is 5.32 Å². The van der Waals surface area contributed by atoms with Gasteiger partial charge in [0.2, 0.25) is 0 Å². The first-order chi connectivity index (χ1) is 9.08. The fourth-order valence-electron chi connectivity index (χ4n) is 1.91. The molecule has 2 N–H and O–H groups in total. The first-order valence-corrected chi connectivity index (χ1v) is 6.25. The number of amides is 1. The van der Waals surface area contributed by atoms with Crippen LogP contribution in [0.4, 0.5) is 0 Å². The maximum atomic E-state index is 12.1. The van der Waals surface area contributed by atoms with E-state index in [-0.39, 0.29) is 18.5 Å². The minimum absolute atomic E-state index is 0.0596. The van der Waals surface area contributed by atoms with Gasteiger partial charge < -0.3 is 19.7 Å². The zero-order valence-corrected chi connectivity index (χ0v) is 11.3. The van der Waals surface area contributed by atoms with Crippen LogP contribution in [0.25, 0.3) is 0 Å². The number of nitrogens with one attached hydrogen (secondary N) is 1. The number of ether oxygens (including phenoxy) is 1. The molecule has 106 valence electrons. The van der Waals surface area contributed by atoms with Gasteiger partial charge in [-0.15, -0.1) is 0 Å². The molecular formula is C13H20N2O4. The lowest BCUT2D eigenvalue weighted by Gasteiger charge is -2.17. The molecule has 1 amide bonds. The van der Waals surface area contributed by atoms with Crippen molar-refractivity contribution in [3.8, 4) is 0 Å². The highest BCUT2D eigenvalue weighted by atomic mass is 16.5. The Morgan fingerprint density at radius 3 is 2.84 bits per heavy atom. The maximum absolute atomic E-state index is 12.1. The van der Waals surface area contributed by atoms with Crippen LogP contribution in [0.15, 0.2) is 18.3 Å². The average Bonchev–Trinajstić information content (AvgIpc) is 2.77. The zero-order valence-electron chi connectivity index (χ0n) is 11.3. The van der Waals surface area contributed by atoms with E-state index >= 15 is 0 Å². The van der Waals surface area contributed by atoms with E-state index in [1.807, 2.05) is 6.92 Å². The first kappa shape index (κ1) is 15.2. The predicted octanol–water partition coefficient (Wildman–Crippen LogP) is 1.12. The topological polar surface area (TPSA) is 80.6 Å². The van der Waals surface area contributed by atoms with Crippen molar-refractivity contribution in [2.45, 2.75) is 32.4 Å². The number of carbonyl (C=O) groups excluding carboxylic acids is 1. The lowest BCUT2D eigenvalue weighted by molar-refractivity contribution is -0.137. The van der Waals surface area contributed by atoms with Crippen LogP contribution in [-0.2, 0) is 16.1 Å². The van der Waals surface area contributed by atoms with Gasteiger partial charge in [-0.1, -0.05) is 13.3 Å². The molecule has 0 saturated carbocycles. The molecule has 0 spiro atoms. The van der Waals surface area contributed by atoms with Crippen molar-refractivity contribution in [2.75, 3.05) is 13.7 Å². The van der Waals surface area contributed by atoms with Gasteiger partial charge in [0, 0.05) is 13.3 Å². The maximum Gasteiger partial charge on any atom is 0.323 e. The molecule has 1 heterocycles. The molecule has 19 heavy (non-hydrogen) atoms. The summed E-state index contributed by atoms with van der Waals surface area (Å²) in [5, 5.41) is 11.6. The third-order valence-electron chi connectivity index (χ3n) is 2.71. The van der Waals surface area contributed by atoms with E-state index < -0.39 is 5.97 Å². The Hall–Kier alpha value is -1.82. The van der Waals surface area contributed by atoms with Gasteiger partial charge in [0.25, 0.3) is 5.91 Å². The summed E-state index contributed by atoms with van der Waals surface area (Å²) in [5.41, 5.74) is 0.347. The highest BCUT2D eigenvalue weighted by Gasteiger charge is 2.16. The Morgan fingerprint density at radius 2 is 2.26 bits per heavy atom. The van der Waals surface area contributed by atoms with Crippen LogP contribution >= 0.6 is 0 Å². The predicted molar refractivity (Wildman–Crippen MR) is 70.1 cm³/mol. The molecule has 1 aromatic heterocycles. The Morgan fingerprint density at radius 1 is 1.53 bits per heavy atom. The highest BCUT2D eigenvalue weighted by molar-refractivity contribution is 5.93. The smallest absolute Gasteiger partial charge is 0.323 e. The second kappa shape index (κ2) is 7.58. The summed E-state index contributed by atoms with van der Waals surface area (Å²) in [6.45, 7) is 2.25. The summed E-state index contributed by atoms with van der Waals surface area (Å²) in [7, 11) is 1.59. The number of hydrogen-bond donors (Lipinski definition) is 2. The lowest BCUT2D eigenvalue weighted by Crippen LogP contribution is -2.39. The Kier molecular flexibility index (Phi) is 6.08. The number of rotatable bonds is 8. The van der Waals surface area contributed by atoms with E-state index in [2.05, 4.69) is 5.32 Å².